The molecule has 1 atom stereocenters. The van der Waals surface area contributed by atoms with Gasteiger partial charge in [-0.05, 0) is 47.2 Å². The molecule has 0 aromatic heterocycles. The highest BCUT2D eigenvalue weighted by molar-refractivity contribution is 6.31. The fraction of sp³-hybridized carbons (Fsp3) is 0.143. The van der Waals surface area contributed by atoms with Crippen molar-refractivity contribution < 1.29 is 4.39 Å². The van der Waals surface area contributed by atoms with Crippen LogP contribution in [-0.2, 0) is 12.8 Å². The molecule has 0 fully saturated rings. The minimum absolute atomic E-state index is 0.218. The first-order valence-corrected chi connectivity index (χ1v) is 8.32. The number of nitrogens with two attached hydrogens (primary N) is 1. The molecule has 0 amide bonds. The van der Waals surface area contributed by atoms with Gasteiger partial charge in [0.1, 0.15) is 5.82 Å². The van der Waals surface area contributed by atoms with Crippen molar-refractivity contribution in [3.8, 4) is 0 Å². The number of hydrogen-bond acceptors (Lipinski definition) is 1. The molecule has 0 bridgehead atoms. The fourth-order valence-electron chi connectivity index (χ4n) is 2.81. The van der Waals surface area contributed by atoms with E-state index in [1.807, 2.05) is 60.7 Å². The third-order valence-electron chi connectivity index (χ3n) is 4.13. The van der Waals surface area contributed by atoms with Crippen LogP contribution in [0.15, 0.2) is 72.8 Å². The van der Waals surface area contributed by atoms with E-state index < -0.39 is 0 Å². The van der Waals surface area contributed by atoms with Crippen LogP contribution in [0.5, 0.6) is 0 Å². The molecular formula is C21H19ClFN. The number of benzene rings is 3. The second-order valence-electron chi connectivity index (χ2n) is 5.92. The maximum atomic E-state index is 14.2. The van der Waals surface area contributed by atoms with Crippen LogP contribution in [0.3, 0.4) is 0 Å². The Morgan fingerprint density at radius 1 is 0.875 bits per heavy atom. The van der Waals surface area contributed by atoms with Crippen molar-refractivity contribution in [3.05, 3.63) is 106 Å². The van der Waals surface area contributed by atoms with Gasteiger partial charge in [0.15, 0.2) is 0 Å². The molecule has 3 aromatic carbocycles. The van der Waals surface area contributed by atoms with Crippen molar-refractivity contribution in [1.29, 1.82) is 0 Å². The van der Waals surface area contributed by atoms with E-state index in [9.17, 15) is 4.39 Å². The molecule has 0 heterocycles. The van der Waals surface area contributed by atoms with E-state index >= 15 is 0 Å². The van der Waals surface area contributed by atoms with Crippen molar-refractivity contribution in [2.75, 3.05) is 0 Å². The quantitative estimate of drug-likeness (QED) is 0.669. The first-order valence-electron chi connectivity index (χ1n) is 7.94. The molecule has 0 aliphatic heterocycles. The Balaban J connectivity index is 1.80. The normalized spacial score (nSPS) is 12.1. The average Bonchev–Trinajstić information content (AvgIpc) is 2.60. The van der Waals surface area contributed by atoms with Crippen molar-refractivity contribution in [2.24, 2.45) is 5.73 Å². The van der Waals surface area contributed by atoms with Gasteiger partial charge in [-0.25, -0.2) is 4.39 Å². The van der Waals surface area contributed by atoms with Gasteiger partial charge in [-0.3, -0.25) is 0 Å². The summed E-state index contributed by atoms with van der Waals surface area (Å²) in [5.74, 6) is -0.218. The summed E-state index contributed by atoms with van der Waals surface area (Å²) >= 11 is 6.22. The van der Waals surface area contributed by atoms with Crippen molar-refractivity contribution >= 4 is 11.6 Å². The molecule has 1 unspecified atom stereocenters. The molecule has 3 rings (SSSR count). The number of halogens is 2. The molecular weight excluding hydrogens is 321 g/mol. The van der Waals surface area contributed by atoms with Gasteiger partial charge < -0.3 is 5.73 Å². The van der Waals surface area contributed by atoms with E-state index in [0.29, 0.717) is 18.4 Å². The minimum atomic E-state index is -0.226. The van der Waals surface area contributed by atoms with E-state index in [1.165, 1.54) is 6.07 Å². The summed E-state index contributed by atoms with van der Waals surface area (Å²) in [5, 5.41) is 0.726. The lowest BCUT2D eigenvalue weighted by Crippen LogP contribution is -2.14. The first kappa shape index (κ1) is 16.7. The van der Waals surface area contributed by atoms with E-state index in [1.54, 1.807) is 6.07 Å². The van der Waals surface area contributed by atoms with E-state index in [4.69, 9.17) is 17.3 Å². The zero-order chi connectivity index (χ0) is 16.9. The van der Waals surface area contributed by atoms with E-state index in [2.05, 4.69) is 0 Å². The summed E-state index contributed by atoms with van der Waals surface area (Å²) in [6.07, 6.45) is 1.14. The Morgan fingerprint density at radius 2 is 1.58 bits per heavy atom. The zero-order valence-corrected chi connectivity index (χ0v) is 14.0. The summed E-state index contributed by atoms with van der Waals surface area (Å²) in [7, 11) is 0. The Bertz CT molecular complexity index is 817. The summed E-state index contributed by atoms with van der Waals surface area (Å²) < 4.78 is 14.2. The Labute approximate surface area is 146 Å². The van der Waals surface area contributed by atoms with Gasteiger partial charge in [-0.1, -0.05) is 72.3 Å². The van der Waals surface area contributed by atoms with E-state index in [0.717, 1.165) is 21.7 Å². The van der Waals surface area contributed by atoms with Crippen LogP contribution in [-0.4, -0.2) is 0 Å². The Kier molecular flexibility index (Phi) is 5.29. The lowest BCUT2D eigenvalue weighted by molar-refractivity contribution is 0.592. The monoisotopic (exact) mass is 339 g/mol. The van der Waals surface area contributed by atoms with Gasteiger partial charge >= 0.3 is 0 Å². The van der Waals surface area contributed by atoms with Gasteiger partial charge in [-0.2, -0.15) is 0 Å². The molecule has 0 saturated heterocycles. The van der Waals surface area contributed by atoms with Crippen LogP contribution < -0.4 is 5.73 Å². The summed E-state index contributed by atoms with van der Waals surface area (Å²) in [6, 6.07) is 22.5. The SMILES string of the molecule is NC(Cc1cc(Cc2ccccc2Cl)ccc1F)c1ccccc1. The second-order valence-corrected chi connectivity index (χ2v) is 6.32. The number of rotatable bonds is 5. The van der Waals surface area contributed by atoms with Crippen LogP contribution in [0, 0.1) is 5.82 Å². The summed E-state index contributed by atoms with van der Waals surface area (Å²) in [6.45, 7) is 0. The Morgan fingerprint density at radius 3 is 2.33 bits per heavy atom. The molecule has 0 aliphatic rings. The lowest BCUT2D eigenvalue weighted by Gasteiger charge is -2.14. The van der Waals surface area contributed by atoms with Crippen molar-refractivity contribution in [3.63, 3.8) is 0 Å². The first-order chi connectivity index (χ1) is 11.6. The molecule has 0 radical (unpaired) electrons. The molecule has 0 spiro atoms. The molecule has 0 aliphatic carbocycles. The van der Waals surface area contributed by atoms with Gasteiger partial charge in [0.05, 0.1) is 0 Å². The van der Waals surface area contributed by atoms with Crippen molar-refractivity contribution in [2.45, 2.75) is 18.9 Å². The van der Waals surface area contributed by atoms with Crippen LogP contribution in [0.4, 0.5) is 4.39 Å². The largest absolute Gasteiger partial charge is 0.324 e. The van der Waals surface area contributed by atoms with Gasteiger partial charge in [0.2, 0.25) is 0 Å². The molecule has 2 N–H and O–H groups in total. The predicted octanol–water partition coefficient (Wildman–Crippen LogP) is 5.31. The molecule has 3 heteroatoms. The maximum absolute atomic E-state index is 14.2. The molecule has 3 aromatic rings. The number of hydrogen-bond donors (Lipinski definition) is 1. The maximum Gasteiger partial charge on any atom is 0.126 e. The van der Waals surface area contributed by atoms with Gasteiger partial charge in [0, 0.05) is 11.1 Å². The standard InChI is InChI=1S/C21H19ClFN/c22-19-9-5-4-8-17(19)12-15-10-11-20(23)18(13-15)14-21(24)16-6-2-1-3-7-16/h1-11,13,21H,12,14,24H2. The molecule has 1 nitrogen and oxygen atoms in total. The van der Waals surface area contributed by atoms with Crippen molar-refractivity contribution in [1.82, 2.24) is 0 Å². The summed E-state index contributed by atoms with van der Waals surface area (Å²) in [4.78, 5) is 0. The summed E-state index contributed by atoms with van der Waals surface area (Å²) in [5.41, 5.74) is 9.94. The molecule has 122 valence electrons. The highest BCUT2D eigenvalue weighted by atomic mass is 35.5. The zero-order valence-electron chi connectivity index (χ0n) is 13.3. The van der Waals surface area contributed by atoms with Gasteiger partial charge in [-0.15, -0.1) is 0 Å². The Hall–Kier alpha value is -2.16. The predicted molar refractivity (Wildman–Crippen MR) is 97.7 cm³/mol. The van der Waals surface area contributed by atoms with E-state index in [-0.39, 0.29) is 11.9 Å². The fourth-order valence-corrected chi connectivity index (χ4v) is 3.01. The highest BCUT2D eigenvalue weighted by Gasteiger charge is 2.11. The second kappa shape index (κ2) is 7.61. The van der Waals surface area contributed by atoms with Gasteiger partial charge in [0.25, 0.3) is 0 Å². The molecule has 24 heavy (non-hydrogen) atoms. The third-order valence-corrected chi connectivity index (χ3v) is 4.50. The van der Waals surface area contributed by atoms with Crippen LogP contribution in [0.25, 0.3) is 0 Å². The van der Waals surface area contributed by atoms with Crippen LogP contribution in [0.2, 0.25) is 5.02 Å². The van der Waals surface area contributed by atoms with Crippen LogP contribution in [0.1, 0.15) is 28.3 Å². The molecule has 0 saturated carbocycles. The highest BCUT2D eigenvalue weighted by Crippen LogP contribution is 2.23. The lowest BCUT2D eigenvalue weighted by atomic mass is 9.96. The average molecular weight is 340 g/mol. The minimum Gasteiger partial charge on any atom is -0.324 e. The topological polar surface area (TPSA) is 26.0 Å². The van der Waals surface area contributed by atoms with Crippen LogP contribution >= 0.6 is 11.6 Å². The smallest absolute Gasteiger partial charge is 0.126 e. The third kappa shape index (κ3) is 4.02.